The van der Waals surface area contributed by atoms with E-state index in [1.807, 2.05) is 54.6 Å². The van der Waals surface area contributed by atoms with Crippen molar-refractivity contribution in [2.75, 3.05) is 0 Å². The molecule has 1 aliphatic heterocycles. The average molecular weight is 445 g/mol. The molecule has 8 heteroatoms. The summed E-state index contributed by atoms with van der Waals surface area (Å²) in [5.41, 5.74) is 3.58. The van der Waals surface area contributed by atoms with Crippen LogP contribution in [-0.4, -0.2) is 38.8 Å². The van der Waals surface area contributed by atoms with Crippen molar-refractivity contribution in [1.82, 2.24) is 14.9 Å². The molecule has 2 atom stereocenters. The Kier molecular flexibility index (Phi) is 6.44. The molecule has 0 saturated heterocycles. The van der Waals surface area contributed by atoms with Crippen LogP contribution in [0.5, 0.6) is 0 Å². The van der Waals surface area contributed by atoms with Gasteiger partial charge in [-0.15, -0.1) is 0 Å². The van der Waals surface area contributed by atoms with Crippen LogP contribution in [0.1, 0.15) is 36.8 Å². The largest absolute Gasteiger partial charge is 0.451 e. The number of esters is 2. The molecule has 0 radical (unpaired) electrons. The molecule has 4 rings (SSSR count). The van der Waals surface area contributed by atoms with Crippen molar-refractivity contribution in [3.8, 4) is 11.3 Å². The van der Waals surface area contributed by atoms with E-state index < -0.39 is 30.1 Å². The minimum absolute atomic E-state index is 0.211. The van der Waals surface area contributed by atoms with Crippen molar-refractivity contribution < 1.29 is 23.9 Å². The van der Waals surface area contributed by atoms with E-state index in [0.717, 1.165) is 16.7 Å². The van der Waals surface area contributed by atoms with E-state index in [2.05, 4.69) is 9.97 Å². The molecule has 0 aliphatic carbocycles. The van der Waals surface area contributed by atoms with Crippen molar-refractivity contribution in [2.24, 2.45) is 0 Å². The number of carbonyl (C=O) groups excluding carboxylic acids is 3. The molecular weight excluding hydrogens is 422 g/mol. The maximum Gasteiger partial charge on any atom is 0.303 e. The van der Waals surface area contributed by atoms with Crippen molar-refractivity contribution >= 4 is 17.8 Å². The first kappa shape index (κ1) is 22.1. The molecule has 3 aromatic rings. The predicted molar refractivity (Wildman–Crippen MR) is 118 cm³/mol. The minimum atomic E-state index is -1.40. The zero-order valence-corrected chi connectivity index (χ0v) is 18.3. The van der Waals surface area contributed by atoms with Crippen LogP contribution in [0, 0.1) is 0 Å². The first-order chi connectivity index (χ1) is 15.9. The van der Waals surface area contributed by atoms with Gasteiger partial charge in [-0.3, -0.25) is 19.4 Å². The summed E-state index contributed by atoms with van der Waals surface area (Å²) >= 11 is 0. The van der Waals surface area contributed by atoms with Crippen LogP contribution in [0.15, 0.2) is 67.0 Å². The second-order valence-corrected chi connectivity index (χ2v) is 7.72. The fourth-order valence-corrected chi connectivity index (χ4v) is 3.81. The minimum Gasteiger partial charge on any atom is -0.451 e. The number of amides is 1. The number of rotatable bonds is 6. The Hall–Kier alpha value is -4.07. The molecule has 0 bridgehead atoms. The van der Waals surface area contributed by atoms with Crippen LogP contribution in [0.4, 0.5) is 0 Å². The van der Waals surface area contributed by atoms with Gasteiger partial charge in [0.1, 0.15) is 5.69 Å². The van der Waals surface area contributed by atoms with Gasteiger partial charge in [0.15, 0.2) is 6.10 Å². The van der Waals surface area contributed by atoms with E-state index in [1.54, 1.807) is 11.1 Å². The highest BCUT2D eigenvalue weighted by Crippen LogP contribution is 2.29. The smallest absolute Gasteiger partial charge is 0.303 e. The monoisotopic (exact) mass is 445 g/mol. The third kappa shape index (κ3) is 5.06. The van der Waals surface area contributed by atoms with Gasteiger partial charge in [0, 0.05) is 32.5 Å². The van der Waals surface area contributed by atoms with Gasteiger partial charge >= 0.3 is 11.9 Å². The Balaban J connectivity index is 1.69. The highest BCUT2D eigenvalue weighted by Gasteiger charge is 2.40. The predicted octanol–water partition coefficient (Wildman–Crippen LogP) is 3.22. The summed E-state index contributed by atoms with van der Waals surface area (Å²) in [5, 5.41) is 0. The lowest BCUT2D eigenvalue weighted by molar-refractivity contribution is -0.175. The van der Waals surface area contributed by atoms with Gasteiger partial charge < -0.3 is 14.4 Å². The summed E-state index contributed by atoms with van der Waals surface area (Å²) in [6, 6.07) is 17.0. The van der Waals surface area contributed by atoms with Crippen LogP contribution in [-0.2, 0) is 36.9 Å². The van der Waals surface area contributed by atoms with Gasteiger partial charge in [-0.2, -0.15) is 0 Å². The number of fused-ring (bicyclic) bond motifs is 1. The van der Waals surface area contributed by atoms with E-state index in [1.165, 1.54) is 20.0 Å². The Bertz CT molecular complexity index is 1160. The zero-order chi connectivity index (χ0) is 23.4. The third-order valence-electron chi connectivity index (χ3n) is 5.27. The fraction of sp³-hybridized carbons (Fsp3) is 0.240. The van der Waals surface area contributed by atoms with Crippen molar-refractivity contribution in [3.05, 3.63) is 83.8 Å². The van der Waals surface area contributed by atoms with Crippen molar-refractivity contribution in [1.29, 1.82) is 0 Å². The molecule has 0 unspecified atom stereocenters. The summed E-state index contributed by atoms with van der Waals surface area (Å²) in [6.45, 7) is 3.17. The van der Waals surface area contributed by atoms with Crippen LogP contribution in [0.3, 0.4) is 0 Å². The van der Waals surface area contributed by atoms with E-state index >= 15 is 0 Å². The standard InChI is InChI=1S/C25H23N3O5/c1-16(29)32-23(22-13-26-12-21(27-22)18-8-4-3-5-9-18)24(33-17(2)30)25(31)28-14-19-10-6-7-11-20(19)15-28/h3-13,23-24H,14-15H2,1-2H3/t23-,24+/m0/s1. The SMILES string of the molecule is CC(=O)O[C@@H](C(=O)N1Cc2ccccc2C1)[C@@H](OC(C)=O)c1cncc(-c2ccccc2)n1. The number of ether oxygens (including phenoxy) is 2. The summed E-state index contributed by atoms with van der Waals surface area (Å²) in [7, 11) is 0. The molecular formula is C25H23N3O5. The van der Waals surface area contributed by atoms with E-state index in [0.29, 0.717) is 18.8 Å². The highest BCUT2D eigenvalue weighted by molar-refractivity contribution is 5.85. The maximum absolute atomic E-state index is 13.5. The number of hydrogen-bond donors (Lipinski definition) is 0. The summed E-state index contributed by atoms with van der Waals surface area (Å²) < 4.78 is 10.9. The molecule has 2 aromatic carbocycles. The van der Waals surface area contributed by atoms with Crippen molar-refractivity contribution in [2.45, 2.75) is 39.1 Å². The van der Waals surface area contributed by atoms with Crippen LogP contribution >= 0.6 is 0 Å². The lowest BCUT2D eigenvalue weighted by Gasteiger charge is -2.28. The maximum atomic E-state index is 13.5. The van der Waals surface area contributed by atoms with Gasteiger partial charge in [-0.25, -0.2) is 4.98 Å². The lowest BCUT2D eigenvalue weighted by Crippen LogP contribution is -2.43. The second-order valence-electron chi connectivity index (χ2n) is 7.72. The number of nitrogens with zero attached hydrogens (tertiary/aromatic N) is 3. The van der Waals surface area contributed by atoms with Gasteiger partial charge in [0.2, 0.25) is 6.10 Å². The number of hydrogen-bond acceptors (Lipinski definition) is 7. The normalized spacial score (nSPS) is 14.2. The number of carbonyl (C=O) groups is 3. The molecule has 0 fully saturated rings. The highest BCUT2D eigenvalue weighted by atomic mass is 16.6. The third-order valence-corrected chi connectivity index (χ3v) is 5.27. The fourth-order valence-electron chi connectivity index (χ4n) is 3.81. The molecule has 0 saturated carbocycles. The molecule has 0 N–H and O–H groups in total. The van der Waals surface area contributed by atoms with Crippen molar-refractivity contribution in [3.63, 3.8) is 0 Å². The first-order valence-electron chi connectivity index (χ1n) is 10.5. The molecule has 1 aromatic heterocycles. The summed E-state index contributed by atoms with van der Waals surface area (Å²) in [5.74, 6) is -1.78. The number of aromatic nitrogens is 2. The van der Waals surface area contributed by atoms with E-state index in [-0.39, 0.29) is 5.69 Å². The molecule has 33 heavy (non-hydrogen) atoms. The van der Waals surface area contributed by atoms with Crippen LogP contribution in [0.25, 0.3) is 11.3 Å². The van der Waals surface area contributed by atoms with Crippen LogP contribution in [0.2, 0.25) is 0 Å². The quantitative estimate of drug-likeness (QED) is 0.537. The number of benzene rings is 2. The second kappa shape index (κ2) is 9.60. The molecule has 2 heterocycles. The Morgan fingerprint density at radius 1 is 0.848 bits per heavy atom. The lowest BCUT2D eigenvalue weighted by atomic mass is 10.1. The van der Waals surface area contributed by atoms with Gasteiger partial charge in [-0.05, 0) is 11.1 Å². The molecule has 168 valence electrons. The Labute approximate surface area is 191 Å². The van der Waals surface area contributed by atoms with Gasteiger partial charge in [-0.1, -0.05) is 54.6 Å². The molecule has 8 nitrogen and oxygen atoms in total. The first-order valence-corrected chi connectivity index (χ1v) is 10.5. The average Bonchev–Trinajstić information content (AvgIpc) is 3.25. The van der Waals surface area contributed by atoms with E-state index in [4.69, 9.17) is 9.47 Å². The Morgan fingerprint density at radius 2 is 1.45 bits per heavy atom. The summed E-state index contributed by atoms with van der Waals surface area (Å²) in [4.78, 5) is 47.8. The van der Waals surface area contributed by atoms with Crippen LogP contribution < -0.4 is 0 Å². The zero-order valence-electron chi connectivity index (χ0n) is 18.3. The topological polar surface area (TPSA) is 98.7 Å². The van der Waals surface area contributed by atoms with Gasteiger partial charge in [0.05, 0.1) is 18.1 Å². The summed E-state index contributed by atoms with van der Waals surface area (Å²) in [6.07, 6.45) is 0.325. The van der Waals surface area contributed by atoms with E-state index in [9.17, 15) is 14.4 Å². The molecule has 1 amide bonds. The van der Waals surface area contributed by atoms with Gasteiger partial charge in [0.25, 0.3) is 5.91 Å². The molecule has 0 spiro atoms. The molecule has 1 aliphatic rings. The Morgan fingerprint density at radius 3 is 2.06 bits per heavy atom.